The van der Waals surface area contributed by atoms with E-state index in [-0.39, 0.29) is 0 Å². The van der Waals surface area contributed by atoms with Gasteiger partial charge in [-0.2, -0.15) is 5.10 Å². The summed E-state index contributed by atoms with van der Waals surface area (Å²) in [6, 6.07) is 10.1. The summed E-state index contributed by atoms with van der Waals surface area (Å²) in [6.45, 7) is 0. The van der Waals surface area contributed by atoms with Crippen molar-refractivity contribution in [2.24, 2.45) is 11.0 Å². The van der Waals surface area contributed by atoms with Crippen molar-refractivity contribution in [1.29, 1.82) is 0 Å². The van der Waals surface area contributed by atoms with Crippen LogP contribution in [0.25, 0.3) is 0 Å². The topological polar surface area (TPSA) is 24.4 Å². The second-order valence-electron chi connectivity index (χ2n) is 4.86. The zero-order chi connectivity index (χ0) is 11.8. The van der Waals surface area contributed by atoms with Crippen LogP contribution in [-0.4, -0.2) is 6.21 Å². The van der Waals surface area contributed by atoms with Crippen molar-refractivity contribution in [3.8, 4) is 0 Å². The van der Waals surface area contributed by atoms with E-state index in [1.165, 1.54) is 44.9 Å². The molecule has 1 aromatic carbocycles. The Balaban J connectivity index is 1.78. The van der Waals surface area contributed by atoms with Crippen LogP contribution < -0.4 is 5.43 Å². The van der Waals surface area contributed by atoms with Gasteiger partial charge >= 0.3 is 0 Å². The number of hydrogen-bond acceptors (Lipinski definition) is 2. The van der Waals surface area contributed by atoms with E-state index in [4.69, 9.17) is 0 Å². The summed E-state index contributed by atoms with van der Waals surface area (Å²) in [6.07, 6.45) is 11.7. The Morgan fingerprint density at radius 3 is 2.29 bits per heavy atom. The third-order valence-electron chi connectivity index (χ3n) is 3.40. The SMILES string of the molecule is C(=N\Nc1ccccc1)/C1CCCCCCC1. The number of para-hydroxylation sites is 1. The fraction of sp³-hybridized carbons (Fsp3) is 0.533. The maximum absolute atomic E-state index is 4.36. The first-order valence-corrected chi connectivity index (χ1v) is 6.79. The molecule has 0 saturated heterocycles. The number of hydrogen-bond donors (Lipinski definition) is 1. The predicted octanol–water partition coefficient (Wildman–Crippen LogP) is 4.44. The van der Waals surface area contributed by atoms with Crippen molar-refractivity contribution in [1.82, 2.24) is 0 Å². The largest absolute Gasteiger partial charge is 0.279 e. The van der Waals surface area contributed by atoms with E-state index in [1.807, 2.05) is 30.3 Å². The molecule has 1 aliphatic carbocycles. The molecule has 1 aromatic rings. The Hall–Kier alpha value is -1.31. The number of benzene rings is 1. The number of nitrogens with one attached hydrogen (secondary N) is 1. The Morgan fingerprint density at radius 2 is 1.59 bits per heavy atom. The van der Waals surface area contributed by atoms with E-state index in [0.717, 1.165) is 5.69 Å². The van der Waals surface area contributed by atoms with Crippen LogP contribution in [0.15, 0.2) is 35.4 Å². The van der Waals surface area contributed by atoms with Gasteiger partial charge in [0.05, 0.1) is 5.69 Å². The molecule has 1 N–H and O–H groups in total. The quantitative estimate of drug-likeness (QED) is 0.602. The summed E-state index contributed by atoms with van der Waals surface area (Å²) in [5.74, 6) is 0.673. The van der Waals surface area contributed by atoms with E-state index in [9.17, 15) is 0 Å². The summed E-state index contributed by atoms with van der Waals surface area (Å²) in [7, 11) is 0. The van der Waals surface area contributed by atoms with Crippen molar-refractivity contribution in [2.45, 2.75) is 44.9 Å². The van der Waals surface area contributed by atoms with Gasteiger partial charge in [0.25, 0.3) is 0 Å². The molecule has 0 spiro atoms. The first-order valence-electron chi connectivity index (χ1n) is 6.79. The Kier molecular flexibility index (Phi) is 5.08. The second kappa shape index (κ2) is 7.10. The fourth-order valence-corrected chi connectivity index (χ4v) is 2.37. The molecule has 2 heteroatoms. The van der Waals surface area contributed by atoms with Crippen LogP contribution in [0.1, 0.15) is 44.9 Å². The lowest BCUT2D eigenvalue weighted by Crippen LogP contribution is -2.06. The minimum Gasteiger partial charge on any atom is -0.279 e. The van der Waals surface area contributed by atoms with Crippen LogP contribution in [0.5, 0.6) is 0 Å². The van der Waals surface area contributed by atoms with Gasteiger partial charge < -0.3 is 0 Å². The van der Waals surface area contributed by atoms with Crippen molar-refractivity contribution in [3.05, 3.63) is 30.3 Å². The molecule has 0 unspecified atom stereocenters. The van der Waals surface area contributed by atoms with Gasteiger partial charge in [-0.25, -0.2) is 0 Å². The molecule has 1 saturated carbocycles. The lowest BCUT2D eigenvalue weighted by atomic mass is 9.92. The van der Waals surface area contributed by atoms with Gasteiger partial charge in [0.15, 0.2) is 0 Å². The van der Waals surface area contributed by atoms with Gasteiger partial charge in [-0.15, -0.1) is 0 Å². The maximum Gasteiger partial charge on any atom is 0.0561 e. The fourth-order valence-electron chi connectivity index (χ4n) is 2.37. The second-order valence-corrected chi connectivity index (χ2v) is 4.86. The highest BCUT2D eigenvalue weighted by Gasteiger charge is 2.08. The molecular weight excluding hydrogens is 208 g/mol. The normalized spacial score (nSPS) is 18.8. The molecule has 2 rings (SSSR count). The zero-order valence-corrected chi connectivity index (χ0v) is 10.4. The molecule has 2 nitrogen and oxygen atoms in total. The Labute approximate surface area is 104 Å². The van der Waals surface area contributed by atoms with E-state index in [0.29, 0.717) is 5.92 Å². The molecule has 0 aliphatic heterocycles. The van der Waals surface area contributed by atoms with E-state index in [2.05, 4.69) is 16.7 Å². The molecule has 1 fully saturated rings. The van der Waals surface area contributed by atoms with Crippen LogP contribution >= 0.6 is 0 Å². The Morgan fingerprint density at radius 1 is 0.941 bits per heavy atom. The predicted molar refractivity (Wildman–Crippen MR) is 74.4 cm³/mol. The molecule has 0 heterocycles. The first kappa shape index (κ1) is 12.2. The van der Waals surface area contributed by atoms with Gasteiger partial charge in [0, 0.05) is 6.21 Å². The molecule has 1 aliphatic rings. The summed E-state index contributed by atoms with van der Waals surface area (Å²) in [5, 5.41) is 4.36. The van der Waals surface area contributed by atoms with E-state index in [1.54, 1.807) is 0 Å². The smallest absolute Gasteiger partial charge is 0.0561 e. The molecular formula is C15H22N2. The van der Waals surface area contributed by atoms with Crippen molar-refractivity contribution >= 4 is 11.9 Å². The first-order chi connectivity index (χ1) is 8.45. The van der Waals surface area contributed by atoms with Crippen LogP contribution in [0, 0.1) is 5.92 Å². The minimum absolute atomic E-state index is 0.673. The number of hydrazone groups is 1. The van der Waals surface area contributed by atoms with E-state index < -0.39 is 0 Å². The summed E-state index contributed by atoms with van der Waals surface area (Å²) in [4.78, 5) is 0. The van der Waals surface area contributed by atoms with Crippen molar-refractivity contribution < 1.29 is 0 Å². The number of anilines is 1. The monoisotopic (exact) mass is 230 g/mol. The molecule has 0 aromatic heterocycles. The summed E-state index contributed by atoms with van der Waals surface area (Å²) < 4.78 is 0. The van der Waals surface area contributed by atoms with Gasteiger partial charge in [0.2, 0.25) is 0 Å². The number of nitrogens with zero attached hydrogens (tertiary/aromatic N) is 1. The van der Waals surface area contributed by atoms with Gasteiger partial charge in [-0.3, -0.25) is 5.43 Å². The van der Waals surface area contributed by atoms with Gasteiger partial charge in [-0.1, -0.05) is 50.3 Å². The lowest BCUT2D eigenvalue weighted by Gasteiger charge is -2.15. The number of rotatable bonds is 3. The molecule has 92 valence electrons. The average Bonchev–Trinajstić information content (AvgIpc) is 2.33. The molecule has 0 bridgehead atoms. The highest BCUT2D eigenvalue weighted by atomic mass is 15.3. The molecule has 0 atom stereocenters. The van der Waals surface area contributed by atoms with Crippen LogP contribution in [0.4, 0.5) is 5.69 Å². The third-order valence-corrected chi connectivity index (χ3v) is 3.40. The minimum atomic E-state index is 0.673. The molecule has 0 radical (unpaired) electrons. The zero-order valence-electron chi connectivity index (χ0n) is 10.4. The van der Waals surface area contributed by atoms with Gasteiger partial charge in [-0.05, 0) is 30.9 Å². The maximum atomic E-state index is 4.36. The molecule has 0 amide bonds. The summed E-state index contributed by atoms with van der Waals surface area (Å²) >= 11 is 0. The lowest BCUT2D eigenvalue weighted by molar-refractivity contribution is 0.457. The summed E-state index contributed by atoms with van der Waals surface area (Å²) in [5.41, 5.74) is 4.16. The molecule has 17 heavy (non-hydrogen) atoms. The van der Waals surface area contributed by atoms with E-state index >= 15 is 0 Å². The van der Waals surface area contributed by atoms with Crippen molar-refractivity contribution in [3.63, 3.8) is 0 Å². The average molecular weight is 230 g/mol. The van der Waals surface area contributed by atoms with Gasteiger partial charge in [0.1, 0.15) is 0 Å². The van der Waals surface area contributed by atoms with Crippen molar-refractivity contribution in [2.75, 3.05) is 5.43 Å². The Bertz CT molecular complexity index is 324. The van der Waals surface area contributed by atoms with Crippen LogP contribution in [-0.2, 0) is 0 Å². The highest BCUT2D eigenvalue weighted by molar-refractivity contribution is 5.62. The standard InChI is InChI=1S/C15H22N2/c1-2-5-9-14(10-6-3-1)13-16-17-15-11-7-4-8-12-15/h4,7-8,11-14,17H,1-3,5-6,9-10H2/b16-13+. The van der Waals surface area contributed by atoms with Crippen LogP contribution in [0.3, 0.4) is 0 Å². The highest BCUT2D eigenvalue weighted by Crippen LogP contribution is 2.20. The third kappa shape index (κ3) is 4.59. The van der Waals surface area contributed by atoms with Crippen LogP contribution in [0.2, 0.25) is 0 Å².